The van der Waals surface area contributed by atoms with Crippen LogP contribution in [0.4, 0.5) is 0 Å². The molecule has 1 saturated heterocycles. The highest BCUT2D eigenvalue weighted by Gasteiger charge is 2.28. The van der Waals surface area contributed by atoms with E-state index in [9.17, 15) is 16.8 Å². The molecule has 2 rings (SSSR count). The topological polar surface area (TPSA) is 118 Å². The van der Waals surface area contributed by atoms with E-state index in [1.165, 1.54) is 17.1 Å². The van der Waals surface area contributed by atoms with Crippen LogP contribution in [0, 0.1) is 0 Å². The van der Waals surface area contributed by atoms with Crippen LogP contribution in [-0.2, 0) is 26.4 Å². The lowest BCUT2D eigenvalue weighted by atomic mass is 10.2. The van der Waals surface area contributed by atoms with Gasteiger partial charge in [0.05, 0.1) is 17.7 Å². The van der Waals surface area contributed by atoms with Gasteiger partial charge in [0, 0.05) is 25.4 Å². The maximum atomic E-state index is 12.2. The fourth-order valence-corrected chi connectivity index (χ4v) is 4.88. The number of nitrogens with zero attached hydrogens (tertiary/aromatic N) is 2. The Kier molecular flexibility index (Phi) is 5.02. The van der Waals surface area contributed by atoms with E-state index in [-0.39, 0.29) is 29.0 Å². The second kappa shape index (κ2) is 6.42. The molecule has 0 spiro atoms. The van der Waals surface area contributed by atoms with Crippen molar-refractivity contribution in [2.45, 2.75) is 36.7 Å². The first-order chi connectivity index (χ1) is 9.82. The molecule has 2 N–H and O–H groups in total. The number of aliphatic hydroxyl groups is 1. The average molecular weight is 337 g/mol. The number of hydrogen-bond acceptors (Lipinski definition) is 6. The fourth-order valence-electron chi connectivity index (χ4n) is 2.13. The van der Waals surface area contributed by atoms with Crippen molar-refractivity contribution in [3.8, 4) is 0 Å². The van der Waals surface area contributed by atoms with Crippen molar-refractivity contribution in [3.05, 3.63) is 12.4 Å². The molecule has 0 saturated carbocycles. The number of aromatic nitrogens is 2. The molecule has 0 radical (unpaired) electrons. The van der Waals surface area contributed by atoms with Gasteiger partial charge < -0.3 is 5.11 Å². The van der Waals surface area contributed by atoms with Crippen LogP contribution in [0.3, 0.4) is 0 Å². The van der Waals surface area contributed by atoms with Gasteiger partial charge in [0.15, 0.2) is 0 Å². The highest BCUT2D eigenvalue weighted by molar-refractivity contribution is 7.91. The number of hydrogen-bond donors (Lipinski definition) is 2. The van der Waals surface area contributed by atoms with Gasteiger partial charge in [0.2, 0.25) is 10.0 Å². The molecule has 10 heteroatoms. The third-order valence-corrected chi connectivity index (χ3v) is 6.53. The highest BCUT2D eigenvalue weighted by atomic mass is 32.2. The summed E-state index contributed by atoms with van der Waals surface area (Å²) in [5, 5.41) is 12.7. The average Bonchev–Trinajstić information content (AvgIpc) is 2.88. The molecule has 1 aliphatic heterocycles. The Hall–Kier alpha value is -0.970. The van der Waals surface area contributed by atoms with Crippen LogP contribution in [0.25, 0.3) is 0 Å². The largest absolute Gasteiger partial charge is 0.396 e. The van der Waals surface area contributed by atoms with Crippen molar-refractivity contribution < 1.29 is 21.9 Å². The van der Waals surface area contributed by atoms with Gasteiger partial charge in [-0.2, -0.15) is 5.10 Å². The van der Waals surface area contributed by atoms with Crippen LogP contribution in [0.1, 0.15) is 19.3 Å². The quantitative estimate of drug-likeness (QED) is 0.696. The van der Waals surface area contributed by atoms with Crippen LogP contribution >= 0.6 is 0 Å². The Morgan fingerprint density at radius 3 is 2.67 bits per heavy atom. The van der Waals surface area contributed by atoms with Crippen LogP contribution in [0.2, 0.25) is 0 Å². The van der Waals surface area contributed by atoms with Crippen molar-refractivity contribution in [1.82, 2.24) is 14.5 Å². The van der Waals surface area contributed by atoms with E-state index in [1.807, 2.05) is 0 Å². The van der Waals surface area contributed by atoms with E-state index >= 15 is 0 Å². The summed E-state index contributed by atoms with van der Waals surface area (Å²) < 4.78 is 51.0. The standard InChI is InChI=1S/C11H19N3O5S2/c15-5-1-4-14-9-11(8-12-14)21(18,19)13-10-2-6-20(16,17)7-3-10/h8-10,13,15H,1-7H2. The Morgan fingerprint density at radius 2 is 2.05 bits per heavy atom. The predicted molar refractivity (Wildman–Crippen MR) is 75.9 cm³/mol. The van der Waals surface area contributed by atoms with Gasteiger partial charge >= 0.3 is 0 Å². The maximum Gasteiger partial charge on any atom is 0.243 e. The maximum absolute atomic E-state index is 12.2. The molecule has 0 unspecified atom stereocenters. The van der Waals surface area contributed by atoms with E-state index in [0.29, 0.717) is 25.8 Å². The second-order valence-corrected chi connectivity index (χ2v) is 9.08. The summed E-state index contributed by atoms with van der Waals surface area (Å²) in [5.74, 6) is 0.0197. The van der Waals surface area contributed by atoms with Gasteiger partial charge in [-0.15, -0.1) is 0 Å². The van der Waals surface area contributed by atoms with Crippen LogP contribution in [0.15, 0.2) is 17.3 Å². The van der Waals surface area contributed by atoms with Gasteiger partial charge in [-0.05, 0) is 19.3 Å². The van der Waals surface area contributed by atoms with Crippen molar-refractivity contribution in [1.29, 1.82) is 0 Å². The summed E-state index contributed by atoms with van der Waals surface area (Å²) in [5.41, 5.74) is 0. The first-order valence-electron chi connectivity index (χ1n) is 6.68. The minimum absolute atomic E-state index is 0.00987. The number of sulfonamides is 1. The molecule has 0 aromatic carbocycles. The summed E-state index contributed by atoms with van der Waals surface area (Å²) >= 11 is 0. The summed E-state index contributed by atoms with van der Waals surface area (Å²) in [6, 6.07) is -0.362. The molecule has 8 nitrogen and oxygen atoms in total. The lowest BCUT2D eigenvalue weighted by Crippen LogP contribution is -2.40. The minimum atomic E-state index is -3.69. The molecular weight excluding hydrogens is 318 g/mol. The number of sulfone groups is 1. The predicted octanol–water partition coefficient (Wildman–Crippen LogP) is -0.879. The first-order valence-corrected chi connectivity index (χ1v) is 9.99. The third-order valence-electron chi connectivity index (χ3n) is 3.34. The van der Waals surface area contributed by atoms with Gasteiger partial charge in [-0.1, -0.05) is 0 Å². The lowest BCUT2D eigenvalue weighted by molar-refractivity contribution is 0.277. The molecule has 1 aromatic heterocycles. The number of nitrogens with one attached hydrogen (secondary N) is 1. The smallest absolute Gasteiger partial charge is 0.243 e. The molecule has 120 valence electrons. The van der Waals surface area contributed by atoms with Crippen molar-refractivity contribution >= 4 is 19.9 Å². The van der Waals surface area contributed by atoms with Crippen molar-refractivity contribution in [3.63, 3.8) is 0 Å². The zero-order valence-corrected chi connectivity index (χ0v) is 13.1. The summed E-state index contributed by atoms with van der Waals surface area (Å²) in [6.45, 7) is 0.449. The molecule has 0 atom stereocenters. The van der Waals surface area contributed by atoms with Crippen LogP contribution < -0.4 is 4.72 Å². The van der Waals surface area contributed by atoms with E-state index in [2.05, 4.69) is 9.82 Å². The Morgan fingerprint density at radius 1 is 1.38 bits per heavy atom. The summed E-state index contributed by atoms with van der Waals surface area (Å²) in [7, 11) is -6.71. The summed E-state index contributed by atoms with van der Waals surface area (Å²) in [6.07, 6.45) is 3.73. The first kappa shape index (κ1) is 16.4. The fraction of sp³-hybridized carbons (Fsp3) is 0.727. The van der Waals surface area contributed by atoms with Gasteiger partial charge in [-0.25, -0.2) is 21.6 Å². The monoisotopic (exact) mass is 337 g/mol. The third kappa shape index (κ3) is 4.50. The molecular formula is C11H19N3O5S2. The van der Waals surface area contributed by atoms with E-state index in [0.717, 1.165) is 0 Å². The SMILES string of the molecule is O=S1(=O)CCC(NS(=O)(=O)c2cnn(CCCO)c2)CC1. The van der Waals surface area contributed by atoms with Crippen LogP contribution in [0.5, 0.6) is 0 Å². The molecule has 21 heavy (non-hydrogen) atoms. The van der Waals surface area contributed by atoms with Gasteiger partial charge in [-0.3, -0.25) is 4.68 Å². The van der Waals surface area contributed by atoms with E-state index < -0.39 is 19.9 Å². The zero-order valence-electron chi connectivity index (χ0n) is 11.5. The summed E-state index contributed by atoms with van der Waals surface area (Å²) in [4.78, 5) is 0.0499. The Balaban J connectivity index is 2.00. The van der Waals surface area contributed by atoms with Crippen molar-refractivity contribution in [2.75, 3.05) is 18.1 Å². The lowest BCUT2D eigenvalue weighted by Gasteiger charge is -2.22. The second-order valence-electron chi connectivity index (χ2n) is 5.06. The molecule has 1 fully saturated rings. The van der Waals surface area contributed by atoms with Gasteiger partial charge in [0.25, 0.3) is 0 Å². The highest BCUT2D eigenvalue weighted by Crippen LogP contribution is 2.16. The number of aliphatic hydroxyl groups excluding tert-OH is 1. The molecule has 0 aliphatic carbocycles. The van der Waals surface area contributed by atoms with E-state index in [1.54, 1.807) is 0 Å². The number of aryl methyl sites for hydroxylation is 1. The molecule has 1 aromatic rings. The van der Waals surface area contributed by atoms with Crippen molar-refractivity contribution in [2.24, 2.45) is 0 Å². The van der Waals surface area contributed by atoms with Gasteiger partial charge in [0.1, 0.15) is 14.7 Å². The molecule has 0 bridgehead atoms. The Labute approximate surface area is 124 Å². The molecule has 0 amide bonds. The van der Waals surface area contributed by atoms with Crippen LogP contribution in [-0.4, -0.2) is 55.9 Å². The minimum Gasteiger partial charge on any atom is -0.396 e. The zero-order chi connectivity index (χ0) is 15.5. The molecule has 1 aliphatic rings. The molecule has 2 heterocycles. The van der Waals surface area contributed by atoms with E-state index in [4.69, 9.17) is 5.11 Å². The Bertz CT molecular complexity index is 666. The number of rotatable bonds is 6. The normalized spacial score (nSPS) is 19.7.